The van der Waals surface area contributed by atoms with Crippen molar-refractivity contribution in [2.24, 2.45) is 4.99 Å². The van der Waals surface area contributed by atoms with Crippen LogP contribution in [0, 0.1) is 0 Å². The van der Waals surface area contributed by atoms with Gasteiger partial charge < -0.3 is 20.3 Å². The van der Waals surface area contributed by atoms with Crippen LogP contribution in [0.25, 0.3) is 0 Å². The van der Waals surface area contributed by atoms with Gasteiger partial charge in [-0.15, -0.1) is 24.0 Å². The Morgan fingerprint density at radius 1 is 1.21 bits per heavy atom. The predicted molar refractivity (Wildman–Crippen MR) is 134 cm³/mol. The van der Waals surface area contributed by atoms with Crippen molar-refractivity contribution in [1.29, 1.82) is 0 Å². The Balaban J connectivity index is 0.00000420. The Kier molecular flexibility index (Phi) is 13.0. The van der Waals surface area contributed by atoms with Crippen molar-refractivity contribution in [3.8, 4) is 5.75 Å². The Labute approximate surface area is 193 Å². The van der Waals surface area contributed by atoms with Crippen molar-refractivity contribution in [2.45, 2.75) is 33.4 Å². The standard InChI is InChI=1S/C22H37N5O.HI/c1-5-16-28-21-11-9-8-10-20(21)18-25-22(23-6-2)24-17-19(4)27-14-12-26(7-3)13-15-27;/h5,8-11,19H,1,6-7,12-18H2,2-4H3,(H2,23,24,25);1H. The van der Waals surface area contributed by atoms with Gasteiger partial charge in [-0.05, 0) is 26.5 Å². The number of hydrogen-bond donors (Lipinski definition) is 2. The molecule has 1 aliphatic rings. The molecule has 6 nitrogen and oxygen atoms in total. The lowest BCUT2D eigenvalue weighted by Gasteiger charge is -2.37. The number of ether oxygens (including phenoxy) is 1. The van der Waals surface area contributed by atoms with Crippen LogP contribution in [0.15, 0.2) is 41.9 Å². The molecule has 2 N–H and O–H groups in total. The topological polar surface area (TPSA) is 52.1 Å². The molecule has 0 spiro atoms. The third-order valence-electron chi connectivity index (χ3n) is 5.12. The van der Waals surface area contributed by atoms with Gasteiger partial charge in [0.1, 0.15) is 12.4 Å². The zero-order valence-electron chi connectivity index (χ0n) is 18.2. The monoisotopic (exact) mass is 515 g/mol. The maximum absolute atomic E-state index is 5.74. The summed E-state index contributed by atoms with van der Waals surface area (Å²) < 4.78 is 5.74. The average molecular weight is 515 g/mol. The lowest BCUT2D eigenvalue weighted by molar-refractivity contribution is 0.107. The van der Waals surface area contributed by atoms with E-state index in [1.165, 1.54) is 0 Å². The van der Waals surface area contributed by atoms with Crippen molar-refractivity contribution in [2.75, 3.05) is 52.4 Å². The van der Waals surface area contributed by atoms with E-state index in [1.807, 2.05) is 18.2 Å². The van der Waals surface area contributed by atoms with E-state index >= 15 is 0 Å². The fourth-order valence-corrected chi connectivity index (χ4v) is 3.32. The zero-order chi connectivity index (χ0) is 20.2. The van der Waals surface area contributed by atoms with Gasteiger partial charge in [-0.2, -0.15) is 0 Å². The van der Waals surface area contributed by atoms with Crippen LogP contribution in [-0.4, -0.2) is 74.2 Å². The van der Waals surface area contributed by atoms with E-state index in [9.17, 15) is 0 Å². The number of piperazine rings is 1. The summed E-state index contributed by atoms with van der Waals surface area (Å²) in [5.74, 6) is 1.71. The normalized spacial score (nSPS) is 16.6. The molecular formula is C22H38IN5O. The smallest absolute Gasteiger partial charge is 0.191 e. The molecule has 0 radical (unpaired) electrons. The van der Waals surface area contributed by atoms with Gasteiger partial charge in [-0.1, -0.05) is 37.8 Å². The highest BCUT2D eigenvalue weighted by Gasteiger charge is 2.20. The van der Waals surface area contributed by atoms with Crippen LogP contribution in [0.1, 0.15) is 26.3 Å². The largest absolute Gasteiger partial charge is 0.489 e. The molecule has 2 rings (SSSR count). The quantitative estimate of drug-likeness (QED) is 0.217. The molecule has 1 aromatic rings. The molecule has 0 amide bonds. The van der Waals surface area contributed by atoms with Gasteiger partial charge >= 0.3 is 0 Å². The fraction of sp³-hybridized carbons (Fsp3) is 0.591. The van der Waals surface area contributed by atoms with Crippen LogP contribution in [0.4, 0.5) is 0 Å². The summed E-state index contributed by atoms with van der Waals surface area (Å²) in [6.07, 6.45) is 1.76. The van der Waals surface area contributed by atoms with Crippen molar-refractivity contribution >= 4 is 29.9 Å². The zero-order valence-corrected chi connectivity index (χ0v) is 20.5. The first-order valence-corrected chi connectivity index (χ1v) is 10.5. The molecule has 1 saturated heterocycles. The average Bonchev–Trinajstić information content (AvgIpc) is 2.74. The number of nitrogens with one attached hydrogen (secondary N) is 2. The molecule has 0 bridgehead atoms. The number of para-hydroxylation sites is 1. The lowest BCUT2D eigenvalue weighted by atomic mass is 10.2. The number of nitrogens with zero attached hydrogens (tertiary/aromatic N) is 3. The maximum Gasteiger partial charge on any atom is 0.191 e. The van der Waals surface area contributed by atoms with Crippen LogP contribution >= 0.6 is 24.0 Å². The van der Waals surface area contributed by atoms with Gasteiger partial charge in [-0.25, -0.2) is 4.99 Å². The number of guanidine groups is 1. The molecule has 164 valence electrons. The van der Waals surface area contributed by atoms with Crippen LogP contribution < -0.4 is 15.4 Å². The van der Waals surface area contributed by atoms with E-state index in [-0.39, 0.29) is 24.0 Å². The van der Waals surface area contributed by atoms with E-state index in [1.54, 1.807) is 6.08 Å². The second-order valence-corrected chi connectivity index (χ2v) is 7.10. The Morgan fingerprint density at radius 2 is 1.93 bits per heavy atom. The maximum atomic E-state index is 5.74. The SMILES string of the molecule is C=CCOc1ccccc1CN=C(NCC)NCC(C)N1CCN(CC)CC1.I. The van der Waals surface area contributed by atoms with Gasteiger partial charge in [0.05, 0.1) is 6.54 Å². The highest BCUT2D eigenvalue weighted by Crippen LogP contribution is 2.18. The Bertz CT molecular complexity index is 617. The van der Waals surface area contributed by atoms with E-state index < -0.39 is 0 Å². The third kappa shape index (κ3) is 8.92. The van der Waals surface area contributed by atoms with E-state index in [0.717, 1.165) is 63.1 Å². The van der Waals surface area contributed by atoms with Gasteiger partial charge in [0.15, 0.2) is 5.96 Å². The first-order valence-electron chi connectivity index (χ1n) is 10.5. The molecular weight excluding hydrogens is 477 g/mol. The first kappa shape index (κ1) is 25.7. The molecule has 0 aliphatic carbocycles. The number of rotatable bonds is 10. The minimum absolute atomic E-state index is 0. The summed E-state index contributed by atoms with van der Waals surface area (Å²) in [4.78, 5) is 9.82. The van der Waals surface area contributed by atoms with Crippen molar-refractivity contribution in [1.82, 2.24) is 20.4 Å². The van der Waals surface area contributed by atoms with Crippen LogP contribution in [0.3, 0.4) is 0 Å². The Morgan fingerprint density at radius 3 is 2.59 bits per heavy atom. The molecule has 1 aliphatic heterocycles. The van der Waals surface area contributed by atoms with E-state index in [2.05, 4.69) is 53.8 Å². The third-order valence-corrected chi connectivity index (χ3v) is 5.12. The van der Waals surface area contributed by atoms with Crippen LogP contribution in [-0.2, 0) is 6.54 Å². The van der Waals surface area contributed by atoms with Crippen molar-refractivity contribution < 1.29 is 4.74 Å². The second-order valence-electron chi connectivity index (χ2n) is 7.10. The van der Waals surface area contributed by atoms with Crippen molar-refractivity contribution in [3.05, 3.63) is 42.5 Å². The van der Waals surface area contributed by atoms with Gasteiger partial charge in [0.2, 0.25) is 0 Å². The molecule has 0 saturated carbocycles. The van der Waals surface area contributed by atoms with Crippen molar-refractivity contribution in [3.63, 3.8) is 0 Å². The van der Waals surface area contributed by atoms with Crippen LogP contribution in [0.5, 0.6) is 5.75 Å². The van der Waals surface area contributed by atoms with E-state index in [4.69, 9.17) is 9.73 Å². The molecule has 7 heteroatoms. The van der Waals surface area contributed by atoms with Gasteiger partial charge in [0, 0.05) is 50.9 Å². The molecule has 1 atom stereocenters. The molecule has 29 heavy (non-hydrogen) atoms. The second kappa shape index (κ2) is 14.6. The minimum Gasteiger partial charge on any atom is -0.489 e. The van der Waals surface area contributed by atoms with Gasteiger partial charge in [0.25, 0.3) is 0 Å². The number of likely N-dealkylation sites (N-methyl/N-ethyl adjacent to an activating group) is 1. The number of benzene rings is 1. The molecule has 1 unspecified atom stereocenters. The summed E-state index contributed by atoms with van der Waals surface area (Å²) in [6.45, 7) is 18.9. The summed E-state index contributed by atoms with van der Waals surface area (Å²) in [5, 5.41) is 6.85. The summed E-state index contributed by atoms with van der Waals surface area (Å²) >= 11 is 0. The minimum atomic E-state index is 0. The fourth-order valence-electron chi connectivity index (χ4n) is 3.32. The summed E-state index contributed by atoms with van der Waals surface area (Å²) in [6, 6.07) is 8.51. The lowest BCUT2D eigenvalue weighted by Crippen LogP contribution is -2.53. The molecule has 1 heterocycles. The highest BCUT2D eigenvalue weighted by molar-refractivity contribution is 14.0. The molecule has 1 aromatic carbocycles. The number of hydrogen-bond acceptors (Lipinski definition) is 4. The first-order chi connectivity index (χ1) is 13.7. The molecule has 0 aromatic heterocycles. The highest BCUT2D eigenvalue weighted by atomic mass is 127. The number of aliphatic imine (C=N–C) groups is 1. The predicted octanol–water partition coefficient (Wildman–Crippen LogP) is 2.95. The molecule has 1 fully saturated rings. The van der Waals surface area contributed by atoms with Gasteiger partial charge in [-0.3, -0.25) is 4.90 Å². The number of halogens is 1. The Hall–Kier alpha value is -1.32. The summed E-state index contributed by atoms with van der Waals surface area (Å²) in [5.41, 5.74) is 1.07. The van der Waals surface area contributed by atoms with E-state index in [0.29, 0.717) is 19.2 Å². The summed E-state index contributed by atoms with van der Waals surface area (Å²) in [7, 11) is 0. The van der Waals surface area contributed by atoms with Crippen LogP contribution in [0.2, 0.25) is 0 Å².